The molecule has 0 radical (unpaired) electrons. The van der Waals surface area contributed by atoms with Crippen LogP contribution in [0.15, 0.2) is 12.7 Å². The summed E-state index contributed by atoms with van der Waals surface area (Å²) in [6.07, 6.45) is 4.89. The van der Waals surface area contributed by atoms with Gasteiger partial charge in [-0.05, 0) is 32.4 Å². The lowest BCUT2D eigenvalue weighted by Gasteiger charge is -2.43. The Morgan fingerprint density at radius 2 is 2.17 bits per heavy atom. The molecule has 0 aliphatic carbocycles. The van der Waals surface area contributed by atoms with E-state index >= 15 is 0 Å². The minimum absolute atomic E-state index is 0.176. The molecule has 2 bridgehead atoms. The zero-order valence-electron chi connectivity index (χ0n) is 7.33. The van der Waals surface area contributed by atoms with E-state index in [0.717, 1.165) is 32.4 Å². The first kappa shape index (κ1) is 7.99. The number of rotatable bonds is 2. The molecule has 3 fully saturated rings. The average molecular weight is 165 g/mol. The van der Waals surface area contributed by atoms with E-state index in [4.69, 9.17) is 0 Å². The molecule has 2 nitrogen and oxygen atoms in total. The van der Waals surface area contributed by atoms with Crippen LogP contribution in [0.5, 0.6) is 0 Å². The monoisotopic (exact) mass is 165 g/mol. The maximum absolute atomic E-state index is 11.7. The van der Waals surface area contributed by atoms with Gasteiger partial charge in [0.15, 0.2) is 5.78 Å². The normalized spacial score (nSPS) is 40.0. The summed E-state index contributed by atoms with van der Waals surface area (Å²) in [5.74, 6) is 0.840. The number of carbonyl (C=O) groups is 1. The highest BCUT2D eigenvalue weighted by Gasteiger charge is 2.39. The molecular weight excluding hydrogens is 150 g/mol. The van der Waals surface area contributed by atoms with E-state index in [1.807, 2.05) is 6.08 Å². The van der Waals surface area contributed by atoms with Crippen LogP contribution in [0.4, 0.5) is 0 Å². The zero-order valence-corrected chi connectivity index (χ0v) is 7.33. The van der Waals surface area contributed by atoms with Crippen molar-refractivity contribution < 1.29 is 4.79 Å². The Morgan fingerprint density at radius 1 is 1.50 bits per heavy atom. The maximum atomic E-state index is 11.7. The van der Waals surface area contributed by atoms with Gasteiger partial charge < -0.3 is 0 Å². The summed E-state index contributed by atoms with van der Waals surface area (Å²) in [6.45, 7) is 5.93. The summed E-state index contributed by atoms with van der Waals surface area (Å²) < 4.78 is 0. The van der Waals surface area contributed by atoms with Gasteiger partial charge in [0.25, 0.3) is 0 Å². The molecule has 3 rings (SSSR count). The third kappa shape index (κ3) is 1.11. The molecule has 0 saturated carbocycles. The standard InChI is InChI=1S/C10H15NO/c1-2-3-9-10(12)8-4-6-11(9)7-5-8/h2,8-9H,1,3-7H2. The summed E-state index contributed by atoms with van der Waals surface area (Å²) in [7, 11) is 0. The quantitative estimate of drug-likeness (QED) is 0.573. The molecule has 2 heteroatoms. The van der Waals surface area contributed by atoms with Crippen molar-refractivity contribution in [2.75, 3.05) is 13.1 Å². The van der Waals surface area contributed by atoms with E-state index in [-0.39, 0.29) is 6.04 Å². The predicted molar refractivity (Wildman–Crippen MR) is 47.9 cm³/mol. The summed E-state index contributed by atoms with van der Waals surface area (Å²) >= 11 is 0. The Bertz CT molecular complexity index is 204. The molecule has 1 unspecified atom stereocenters. The second-order valence-electron chi connectivity index (χ2n) is 3.75. The van der Waals surface area contributed by atoms with Gasteiger partial charge in [0.2, 0.25) is 0 Å². The second-order valence-corrected chi connectivity index (χ2v) is 3.75. The lowest BCUT2D eigenvalue weighted by atomic mass is 9.81. The third-order valence-electron chi connectivity index (χ3n) is 3.09. The summed E-state index contributed by atoms with van der Waals surface area (Å²) in [4.78, 5) is 14.0. The largest absolute Gasteiger partial charge is 0.298 e. The first-order valence-corrected chi connectivity index (χ1v) is 4.71. The molecule has 66 valence electrons. The highest BCUT2D eigenvalue weighted by atomic mass is 16.1. The zero-order chi connectivity index (χ0) is 8.55. The van der Waals surface area contributed by atoms with Crippen LogP contribution in [0.3, 0.4) is 0 Å². The highest BCUT2D eigenvalue weighted by Crippen LogP contribution is 2.30. The molecule has 0 N–H and O–H groups in total. The Hall–Kier alpha value is -0.630. The molecule has 0 aromatic rings. The molecule has 3 saturated heterocycles. The number of ketones is 1. The minimum atomic E-state index is 0.176. The van der Waals surface area contributed by atoms with Gasteiger partial charge in [0.05, 0.1) is 6.04 Å². The second kappa shape index (κ2) is 3.02. The average Bonchev–Trinajstić information content (AvgIpc) is 2.12. The number of piperidine rings is 3. The van der Waals surface area contributed by atoms with Crippen molar-refractivity contribution in [2.24, 2.45) is 5.92 Å². The van der Waals surface area contributed by atoms with E-state index in [0.29, 0.717) is 11.7 Å². The van der Waals surface area contributed by atoms with E-state index in [1.165, 1.54) is 0 Å². The number of hydrogen-bond acceptors (Lipinski definition) is 2. The van der Waals surface area contributed by atoms with Gasteiger partial charge in [0, 0.05) is 5.92 Å². The molecule has 3 heterocycles. The fourth-order valence-corrected chi connectivity index (χ4v) is 2.37. The number of carbonyl (C=O) groups excluding carboxylic acids is 1. The van der Waals surface area contributed by atoms with Crippen molar-refractivity contribution in [3.8, 4) is 0 Å². The fraction of sp³-hybridized carbons (Fsp3) is 0.700. The predicted octanol–water partition coefficient (Wildman–Crippen LogP) is 1.23. The van der Waals surface area contributed by atoms with Gasteiger partial charge in [-0.15, -0.1) is 6.58 Å². The third-order valence-corrected chi connectivity index (χ3v) is 3.09. The summed E-state index contributed by atoms with van der Waals surface area (Å²) in [5, 5.41) is 0. The first-order valence-electron chi connectivity index (χ1n) is 4.71. The number of hydrogen-bond donors (Lipinski definition) is 0. The Kier molecular flexibility index (Phi) is 2.01. The summed E-state index contributed by atoms with van der Waals surface area (Å²) in [6, 6.07) is 0.176. The van der Waals surface area contributed by atoms with Crippen LogP contribution in [0.25, 0.3) is 0 Å². The molecule has 3 aliphatic rings. The molecule has 12 heavy (non-hydrogen) atoms. The number of nitrogens with zero attached hydrogens (tertiary/aromatic N) is 1. The van der Waals surface area contributed by atoms with Gasteiger partial charge in [-0.25, -0.2) is 0 Å². The lowest BCUT2D eigenvalue weighted by Crippen LogP contribution is -2.55. The van der Waals surface area contributed by atoms with Gasteiger partial charge in [-0.1, -0.05) is 6.08 Å². The SMILES string of the molecule is C=CCC1C(=O)C2CCN1CC2. The van der Waals surface area contributed by atoms with E-state index in [9.17, 15) is 4.79 Å². The van der Waals surface area contributed by atoms with E-state index < -0.39 is 0 Å². The van der Waals surface area contributed by atoms with Gasteiger partial charge in [-0.3, -0.25) is 9.69 Å². The Balaban J connectivity index is 2.12. The van der Waals surface area contributed by atoms with Crippen LogP contribution in [0.2, 0.25) is 0 Å². The minimum Gasteiger partial charge on any atom is -0.298 e. The Labute approximate surface area is 73.2 Å². The Morgan fingerprint density at radius 3 is 2.67 bits per heavy atom. The molecule has 0 spiro atoms. The van der Waals surface area contributed by atoms with Crippen LogP contribution in [0, 0.1) is 5.92 Å². The maximum Gasteiger partial charge on any atom is 0.153 e. The van der Waals surface area contributed by atoms with Crippen molar-refractivity contribution in [1.82, 2.24) is 4.90 Å². The number of fused-ring (bicyclic) bond motifs is 3. The molecule has 3 aliphatic heterocycles. The topological polar surface area (TPSA) is 20.3 Å². The van der Waals surface area contributed by atoms with Gasteiger partial charge in [-0.2, -0.15) is 0 Å². The van der Waals surface area contributed by atoms with Crippen LogP contribution in [-0.4, -0.2) is 29.8 Å². The van der Waals surface area contributed by atoms with Crippen molar-refractivity contribution in [1.29, 1.82) is 0 Å². The van der Waals surface area contributed by atoms with Crippen LogP contribution >= 0.6 is 0 Å². The van der Waals surface area contributed by atoms with E-state index in [2.05, 4.69) is 11.5 Å². The van der Waals surface area contributed by atoms with Crippen LogP contribution in [-0.2, 0) is 4.79 Å². The van der Waals surface area contributed by atoms with Crippen molar-refractivity contribution in [2.45, 2.75) is 25.3 Å². The number of Topliss-reactive ketones (excluding diaryl/α,β-unsaturated/α-hetero) is 1. The van der Waals surface area contributed by atoms with E-state index in [1.54, 1.807) is 0 Å². The van der Waals surface area contributed by atoms with Gasteiger partial charge >= 0.3 is 0 Å². The van der Waals surface area contributed by atoms with Crippen molar-refractivity contribution in [3.05, 3.63) is 12.7 Å². The van der Waals surface area contributed by atoms with Crippen molar-refractivity contribution >= 4 is 5.78 Å². The first-order chi connectivity index (χ1) is 5.83. The molecule has 1 atom stereocenters. The molecular formula is C10H15NO. The summed E-state index contributed by atoms with van der Waals surface area (Å²) in [5.41, 5.74) is 0. The van der Waals surface area contributed by atoms with Crippen LogP contribution in [0.1, 0.15) is 19.3 Å². The van der Waals surface area contributed by atoms with Crippen molar-refractivity contribution in [3.63, 3.8) is 0 Å². The molecule has 0 amide bonds. The lowest BCUT2D eigenvalue weighted by molar-refractivity contribution is -0.136. The fourth-order valence-electron chi connectivity index (χ4n) is 2.37. The van der Waals surface area contributed by atoms with Crippen LogP contribution < -0.4 is 0 Å². The molecule has 0 aromatic heterocycles. The highest BCUT2D eigenvalue weighted by molar-refractivity contribution is 5.88. The molecule has 0 aromatic carbocycles. The van der Waals surface area contributed by atoms with Gasteiger partial charge in [0.1, 0.15) is 0 Å². The smallest absolute Gasteiger partial charge is 0.153 e.